The maximum absolute atomic E-state index is 14.5. The summed E-state index contributed by atoms with van der Waals surface area (Å²) in [6.45, 7) is 0. The molecule has 0 bridgehead atoms. The Morgan fingerprint density at radius 3 is 2.70 bits per heavy atom. The molecule has 0 saturated carbocycles. The van der Waals surface area contributed by atoms with E-state index in [1.807, 2.05) is 0 Å². The Bertz CT molecular complexity index is 1450. The van der Waals surface area contributed by atoms with E-state index >= 15 is 0 Å². The van der Waals surface area contributed by atoms with E-state index in [1.54, 1.807) is 11.6 Å². The molecule has 1 aromatic carbocycles. The standard InChI is InChI=1S/C24H19ClF2N4O5S/c1-34-23(32)15-18(10-3-6-13-14(9-10)36-21(29-13)24(33)35-2)30-20(22-28-7-8-37-22)31-19(15)11-4-5-12(26)17(27)16(11)25/h4-5,7-8,10,19H,3,6,9H2,1-2H3,(H,30,31). The van der Waals surface area contributed by atoms with Gasteiger partial charge >= 0.3 is 17.8 Å². The molecule has 9 nitrogen and oxygen atoms in total. The van der Waals surface area contributed by atoms with Crippen LogP contribution >= 0.6 is 22.9 Å². The van der Waals surface area contributed by atoms with E-state index in [0.29, 0.717) is 47.3 Å². The molecular formula is C24H19ClF2N4O5S. The topological polar surface area (TPSA) is 116 Å². The minimum atomic E-state index is -1.24. The normalized spacial score (nSPS) is 19.1. The highest BCUT2D eigenvalue weighted by Crippen LogP contribution is 2.41. The number of amidine groups is 1. The first-order valence-electron chi connectivity index (χ1n) is 11.1. The van der Waals surface area contributed by atoms with E-state index < -0.39 is 34.6 Å². The fraction of sp³-hybridized carbons (Fsp3) is 0.292. The number of methoxy groups -OCH3 is 2. The fourth-order valence-corrected chi connectivity index (χ4v) is 5.29. The van der Waals surface area contributed by atoms with E-state index in [1.165, 1.54) is 31.6 Å². The minimum Gasteiger partial charge on any atom is -0.466 e. The molecule has 2 aromatic heterocycles. The summed E-state index contributed by atoms with van der Waals surface area (Å²) in [5.74, 6) is -3.43. The van der Waals surface area contributed by atoms with Gasteiger partial charge in [-0.05, 0) is 18.9 Å². The van der Waals surface area contributed by atoms with Crippen LogP contribution in [0.25, 0.3) is 0 Å². The Morgan fingerprint density at radius 1 is 1.22 bits per heavy atom. The third-order valence-corrected chi connectivity index (χ3v) is 7.35. The van der Waals surface area contributed by atoms with Crippen LogP contribution in [0.15, 0.2) is 44.4 Å². The van der Waals surface area contributed by atoms with Gasteiger partial charge in [0.15, 0.2) is 22.5 Å². The molecule has 0 saturated heterocycles. The number of aliphatic imine (C=N–C) groups is 1. The van der Waals surface area contributed by atoms with E-state index in [4.69, 9.17) is 25.5 Å². The van der Waals surface area contributed by atoms with Crippen LogP contribution in [-0.4, -0.2) is 42.0 Å². The summed E-state index contributed by atoms with van der Waals surface area (Å²) in [4.78, 5) is 38.2. The van der Waals surface area contributed by atoms with Crippen LogP contribution in [-0.2, 0) is 27.1 Å². The number of aryl methyl sites for hydroxylation is 1. The van der Waals surface area contributed by atoms with Gasteiger partial charge in [0.05, 0.1) is 30.5 Å². The lowest BCUT2D eigenvalue weighted by atomic mass is 9.83. The fourth-order valence-electron chi connectivity index (χ4n) is 4.44. The number of hydrogen-bond donors (Lipinski definition) is 1. The summed E-state index contributed by atoms with van der Waals surface area (Å²) in [5, 5.41) is 5.01. The van der Waals surface area contributed by atoms with Crippen molar-refractivity contribution in [3.63, 3.8) is 0 Å². The first kappa shape index (κ1) is 25.0. The molecule has 3 aromatic rings. The molecule has 0 radical (unpaired) electrons. The van der Waals surface area contributed by atoms with Crippen molar-refractivity contribution in [3.05, 3.63) is 79.6 Å². The maximum atomic E-state index is 14.5. The summed E-state index contributed by atoms with van der Waals surface area (Å²) >= 11 is 7.51. The van der Waals surface area contributed by atoms with E-state index in [-0.39, 0.29) is 22.9 Å². The van der Waals surface area contributed by atoms with Gasteiger partial charge in [-0.25, -0.2) is 28.3 Å². The summed E-state index contributed by atoms with van der Waals surface area (Å²) in [6, 6.07) is 1.12. The van der Waals surface area contributed by atoms with Gasteiger partial charge in [-0.15, -0.1) is 11.3 Å². The maximum Gasteiger partial charge on any atom is 0.394 e. The average molecular weight is 549 g/mol. The predicted octanol–water partition coefficient (Wildman–Crippen LogP) is 4.17. The highest BCUT2D eigenvalue weighted by atomic mass is 35.5. The number of carbonyl (C=O) groups is 2. The second-order valence-electron chi connectivity index (χ2n) is 8.25. The zero-order chi connectivity index (χ0) is 26.3. The third kappa shape index (κ3) is 4.51. The summed E-state index contributed by atoms with van der Waals surface area (Å²) in [5.41, 5.74) is 1.27. The Morgan fingerprint density at radius 2 is 2.00 bits per heavy atom. The summed E-state index contributed by atoms with van der Waals surface area (Å²) < 4.78 is 43.8. The molecule has 1 aliphatic carbocycles. The van der Waals surface area contributed by atoms with Gasteiger partial charge < -0.3 is 19.2 Å². The highest BCUT2D eigenvalue weighted by Gasteiger charge is 2.39. The number of thiazole rings is 1. The van der Waals surface area contributed by atoms with E-state index in [2.05, 4.69) is 20.3 Å². The number of rotatable bonds is 5. The van der Waals surface area contributed by atoms with Crippen molar-refractivity contribution in [2.45, 2.75) is 25.3 Å². The number of oxazole rings is 1. The van der Waals surface area contributed by atoms with E-state index in [0.717, 1.165) is 6.07 Å². The first-order chi connectivity index (χ1) is 17.8. The molecule has 5 rings (SSSR count). The number of benzene rings is 1. The van der Waals surface area contributed by atoms with Gasteiger partial charge in [0.2, 0.25) is 0 Å². The number of allylic oxidation sites excluding steroid dienone is 1. The molecule has 2 aliphatic rings. The van der Waals surface area contributed by atoms with Crippen molar-refractivity contribution in [3.8, 4) is 0 Å². The molecule has 0 fully saturated rings. The number of halogens is 3. The van der Waals surface area contributed by atoms with Crippen LogP contribution in [0.2, 0.25) is 5.02 Å². The molecule has 1 N–H and O–H groups in total. The lowest BCUT2D eigenvalue weighted by Crippen LogP contribution is -2.38. The molecule has 1 aliphatic heterocycles. The number of carbonyl (C=O) groups excluding carboxylic acids is 2. The summed E-state index contributed by atoms with van der Waals surface area (Å²) in [7, 11) is 2.45. The number of esters is 2. The second-order valence-corrected chi connectivity index (χ2v) is 9.52. The van der Waals surface area contributed by atoms with Crippen LogP contribution in [0.1, 0.15) is 45.2 Å². The van der Waals surface area contributed by atoms with Crippen molar-refractivity contribution in [1.82, 2.24) is 15.3 Å². The molecule has 0 spiro atoms. The summed E-state index contributed by atoms with van der Waals surface area (Å²) in [6.07, 6.45) is 2.89. The van der Waals surface area contributed by atoms with Crippen molar-refractivity contribution in [1.29, 1.82) is 0 Å². The Labute approximate surface area is 218 Å². The van der Waals surface area contributed by atoms with Crippen molar-refractivity contribution >= 4 is 40.7 Å². The lowest BCUT2D eigenvalue weighted by Gasteiger charge is -2.32. The highest BCUT2D eigenvalue weighted by molar-refractivity contribution is 7.11. The SMILES string of the molecule is COC(=O)C1=C(C2CCc3nc(C(=O)OC)oc3C2)NC(c2nccs2)=NC1c1ccc(F)c(F)c1Cl. The first-order valence-corrected chi connectivity index (χ1v) is 12.4. The zero-order valence-corrected chi connectivity index (χ0v) is 21.1. The Kier molecular flexibility index (Phi) is 6.78. The van der Waals surface area contributed by atoms with E-state index in [9.17, 15) is 18.4 Å². The predicted molar refractivity (Wildman–Crippen MR) is 128 cm³/mol. The van der Waals surface area contributed by atoms with Crippen LogP contribution in [0.5, 0.6) is 0 Å². The molecular weight excluding hydrogens is 530 g/mol. The molecule has 13 heteroatoms. The number of aromatic nitrogens is 2. The van der Waals surface area contributed by atoms with Crippen molar-refractivity contribution in [2.75, 3.05) is 14.2 Å². The number of fused-ring (bicyclic) bond motifs is 1. The van der Waals surface area contributed by atoms with Gasteiger partial charge in [-0.1, -0.05) is 17.7 Å². The number of hydrogen-bond acceptors (Lipinski definition) is 10. The third-order valence-electron chi connectivity index (χ3n) is 6.18. The second kappa shape index (κ2) is 10.0. The number of nitrogens with zero attached hydrogens (tertiary/aromatic N) is 3. The zero-order valence-electron chi connectivity index (χ0n) is 19.5. The van der Waals surface area contributed by atoms with Crippen LogP contribution in [0.3, 0.4) is 0 Å². The number of nitrogens with one attached hydrogen (secondary N) is 1. The molecule has 2 atom stereocenters. The minimum absolute atomic E-state index is 0.0943. The van der Waals surface area contributed by atoms with Crippen molar-refractivity contribution < 1.29 is 32.3 Å². The number of ether oxygens (including phenoxy) is 2. The Balaban J connectivity index is 1.64. The molecule has 0 amide bonds. The van der Waals surface area contributed by atoms with Crippen LogP contribution < -0.4 is 5.32 Å². The Hall–Kier alpha value is -3.64. The van der Waals surface area contributed by atoms with Gasteiger partial charge in [0.25, 0.3) is 0 Å². The quantitative estimate of drug-likeness (QED) is 0.373. The van der Waals surface area contributed by atoms with Gasteiger partial charge in [0.1, 0.15) is 11.8 Å². The lowest BCUT2D eigenvalue weighted by molar-refractivity contribution is -0.136. The molecule has 2 unspecified atom stereocenters. The van der Waals surface area contributed by atoms with Gasteiger partial charge in [-0.2, -0.15) is 0 Å². The molecule has 192 valence electrons. The van der Waals surface area contributed by atoms with Crippen LogP contribution in [0.4, 0.5) is 8.78 Å². The molecule has 37 heavy (non-hydrogen) atoms. The average Bonchev–Trinajstić information content (AvgIpc) is 3.60. The van der Waals surface area contributed by atoms with Gasteiger partial charge in [0, 0.05) is 35.2 Å². The van der Waals surface area contributed by atoms with Crippen molar-refractivity contribution in [2.24, 2.45) is 10.9 Å². The smallest absolute Gasteiger partial charge is 0.394 e. The molecule has 3 heterocycles. The monoisotopic (exact) mass is 548 g/mol. The van der Waals surface area contributed by atoms with Gasteiger partial charge in [-0.3, -0.25) is 4.99 Å². The largest absolute Gasteiger partial charge is 0.466 e. The van der Waals surface area contributed by atoms with Crippen LogP contribution in [0, 0.1) is 17.6 Å².